The van der Waals surface area contributed by atoms with Gasteiger partial charge in [0.1, 0.15) is 0 Å². The maximum absolute atomic E-state index is 11.9. The Balaban J connectivity index is 0.00000242. The Bertz CT molecular complexity index is 562. The molecule has 1 aliphatic heterocycles. The highest BCUT2D eigenvalue weighted by molar-refractivity contribution is 5.96. The number of halogens is 1. The molecular weight excluding hydrogens is 304 g/mol. The number of hydrogen-bond acceptors (Lipinski definition) is 4. The van der Waals surface area contributed by atoms with Gasteiger partial charge in [0.2, 0.25) is 5.91 Å². The summed E-state index contributed by atoms with van der Waals surface area (Å²) in [5, 5.41) is 4.80. The zero-order valence-corrected chi connectivity index (χ0v) is 13.1. The highest BCUT2D eigenvalue weighted by Crippen LogP contribution is 2.30. The molecule has 0 spiro atoms. The lowest BCUT2D eigenvalue weighted by Gasteiger charge is -2.31. The van der Waals surface area contributed by atoms with Crippen LogP contribution in [0.3, 0.4) is 0 Å². The third-order valence-electron chi connectivity index (χ3n) is 3.38. The average molecular weight is 325 g/mol. The third-order valence-corrected chi connectivity index (χ3v) is 3.38. The van der Waals surface area contributed by atoms with Crippen molar-refractivity contribution in [3.05, 3.63) is 36.4 Å². The predicted molar refractivity (Wildman–Crippen MR) is 90.4 cm³/mol. The van der Waals surface area contributed by atoms with Crippen molar-refractivity contribution in [1.82, 2.24) is 10.6 Å². The number of fused-ring (bicyclic) bond motifs is 1. The largest absolute Gasteiger partial charge is 0.398 e. The van der Waals surface area contributed by atoms with E-state index >= 15 is 0 Å². The van der Waals surface area contributed by atoms with Gasteiger partial charge in [0.05, 0.1) is 6.54 Å². The lowest BCUT2D eigenvalue weighted by atomic mass is 10.00. The fourth-order valence-electron chi connectivity index (χ4n) is 2.44. The van der Waals surface area contributed by atoms with E-state index in [0.29, 0.717) is 6.54 Å². The lowest BCUT2D eigenvalue weighted by molar-refractivity contribution is -0.118. The molecule has 0 aromatic heterocycles. The van der Waals surface area contributed by atoms with E-state index in [1.165, 1.54) is 0 Å². The zero-order chi connectivity index (χ0) is 15.2. The summed E-state index contributed by atoms with van der Waals surface area (Å²) >= 11 is 0. The van der Waals surface area contributed by atoms with Crippen LogP contribution in [-0.4, -0.2) is 31.6 Å². The molecule has 0 bridgehead atoms. The van der Waals surface area contributed by atoms with Gasteiger partial charge in [-0.1, -0.05) is 12.1 Å². The van der Waals surface area contributed by atoms with E-state index < -0.39 is 6.03 Å². The molecule has 6 nitrogen and oxygen atoms in total. The van der Waals surface area contributed by atoms with Crippen LogP contribution in [0.15, 0.2) is 30.9 Å². The van der Waals surface area contributed by atoms with E-state index in [1.807, 2.05) is 23.1 Å². The topological polar surface area (TPSA) is 87.5 Å². The molecule has 0 atom stereocenters. The molecule has 3 amide bonds. The van der Waals surface area contributed by atoms with Gasteiger partial charge in [-0.05, 0) is 30.5 Å². The molecule has 0 fully saturated rings. The second-order valence-electron chi connectivity index (χ2n) is 4.92. The Hall–Kier alpha value is -2.21. The van der Waals surface area contributed by atoms with Crippen LogP contribution in [0.5, 0.6) is 0 Å². The van der Waals surface area contributed by atoms with E-state index in [9.17, 15) is 9.59 Å². The molecule has 0 saturated heterocycles. The summed E-state index contributed by atoms with van der Waals surface area (Å²) < 4.78 is 0. The molecule has 1 aromatic carbocycles. The van der Waals surface area contributed by atoms with Gasteiger partial charge in [-0.15, -0.1) is 19.0 Å². The number of imide groups is 1. The van der Waals surface area contributed by atoms with Crippen molar-refractivity contribution >= 4 is 35.7 Å². The minimum atomic E-state index is -0.510. The van der Waals surface area contributed by atoms with Crippen molar-refractivity contribution in [2.75, 3.05) is 30.3 Å². The van der Waals surface area contributed by atoms with Crippen LogP contribution < -0.4 is 21.3 Å². The number of rotatable bonds is 4. The number of benzene rings is 1. The Morgan fingerprint density at radius 3 is 2.91 bits per heavy atom. The Labute approximate surface area is 136 Å². The Morgan fingerprint density at radius 1 is 1.41 bits per heavy atom. The van der Waals surface area contributed by atoms with Crippen LogP contribution in [-0.2, 0) is 11.2 Å². The maximum atomic E-state index is 11.9. The van der Waals surface area contributed by atoms with Crippen molar-refractivity contribution in [2.24, 2.45) is 0 Å². The summed E-state index contributed by atoms with van der Waals surface area (Å²) in [6.07, 6.45) is 3.41. The summed E-state index contributed by atoms with van der Waals surface area (Å²) in [6.45, 7) is 4.73. The van der Waals surface area contributed by atoms with Crippen LogP contribution in [0.4, 0.5) is 16.2 Å². The fraction of sp³-hybridized carbons (Fsp3) is 0.333. The van der Waals surface area contributed by atoms with Crippen molar-refractivity contribution < 1.29 is 9.59 Å². The summed E-state index contributed by atoms with van der Waals surface area (Å²) in [5.74, 6) is -0.341. The maximum Gasteiger partial charge on any atom is 0.321 e. The van der Waals surface area contributed by atoms with Crippen LogP contribution in [0.25, 0.3) is 0 Å². The number of hydrogen-bond donors (Lipinski definition) is 3. The zero-order valence-electron chi connectivity index (χ0n) is 12.3. The van der Waals surface area contributed by atoms with Gasteiger partial charge in [0.25, 0.3) is 0 Å². The van der Waals surface area contributed by atoms with E-state index in [0.717, 1.165) is 36.3 Å². The summed E-state index contributed by atoms with van der Waals surface area (Å²) in [5.41, 5.74) is 8.77. The second-order valence-corrected chi connectivity index (χ2v) is 4.92. The SMILES string of the molecule is C=CCNC(=O)NC(=O)CN1CCCc2c(N)cccc21.Cl. The average Bonchev–Trinajstić information content (AvgIpc) is 2.46. The predicted octanol–water partition coefficient (Wildman–Crippen LogP) is 1.46. The smallest absolute Gasteiger partial charge is 0.321 e. The monoisotopic (exact) mass is 324 g/mol. The first-order valence-electron chi connectivity index (χ1n) is 6.92. The first kappa shape index (κ1) is 17.8. The lowest BCUT2D eigenvalue weighted by Crippen LogP contribution is -2.45. The van der Waals surface area contributed by atoms with Gasteiger partial charge in [-0.25, -0.2) is 4.79 Å². The van der Waals surface area contributed by atoms with Crippen molar-refractivity contribution in [2.45, 2.75) is 12.8 Å². The number of anilines is 2. The molecule has 0 radical (unpaired) electrons. The minimum Gasteiger partial charge on any atom is -0.398 e. The summed E-state index contributed by atoms with van der Waals surface area (Å²) in [6, 6.07) is 5.19. The van der Waals surface area contributed by atoms with E-state index in [4.69, 9.17) is 5.73 Å². The molecule has 22 heavy (non-hydrogen) atoms. The van der Waals surface area contributed by atoms with Crippen LogP contribution in [0, 0.1) is 0 Å². The number of nitrogens with one attached hydrogen (secondary N) is 2. The molecular formula is C15H21ClN4O2. The van der Waals surface area contributed by atoms with Gasteiger partial charge in [-0.2, -0.15) is 0 Å². The molecule has 1 heterocycles. The quantitative estimate of drug-likeness (QED) is 0.578. The molecule has 0 unspecified atom stereocenters. The molecule has 120 valence electrons. The third kappa shape index (κ3) is 4.39. The molecule has 1 aromatic rings. The first-order chi connectivity index (χ1) is 10.1. The number of urea groups is 1. The number of carbonyl (C=O) groups excluding carboxylic acids is 2. The van der Waals surface area contributed by atoms with Gasteiger partial charge < -0.3 is 16.0 Å². The number of carbonyl (C=O) groups is 2. The molecule has 0 aliphatic carbocycles. The van der Waals surface area contributed by atoms with Crippen LogP contribution in [0.2, 0.25) is 0 Å². The van der Waals surface area contributed by atoms with Crippen molar-refractivity contribution in [3.8, 4) is 0 Å². The van der Waals surface area contributed by atoms with Crippen LogP contribution in [0.1, 0.15) is 12.0 Å². The minimum absolute atomic E-state index is 0. The molecule has 4 N–H and O–H groups in total. The molecule has 0 saturated carbocycles. The first-order valence-corrected chi connectivity index (χ1v) is 6.92. The summed E-state index contributed by atoms with van der Waals surface area (Å²) in [4.78, 5) is 25.3. The second kappa shape index (κ2) is 8.29. The standard InChI is InChI=1S/C15H20N4O2.ClH/c1-2-8-17-15(21)18-14(20)10-19-9-4-5-11-12(16)6-3-7-13(11)19;/h2-3,6-7H,1,4-5,8-10,16H2,(H2,17,18,20,21);1H. The Morgan fingerprint density at radius 2 is 2.18 bits per heavy atom. The number of amides is 3. The normalized spacial score (nSPS) is 12.6. The van der Waals surface area contributed by atoms with Gasteiger partial charge >= 0.3 is 6.03 Å². The number of nitrogen functional groups attached to an aromatic ring is 1. The fourth-order valence-corrected chi connectivity index (χ4v) is 2.44. The van der Waals surface area contributed by atoms with Gasteiger partial charge in [-0.3, -0.25) is 10.1 Å². The molecule has 1 aliphatic rings. The van der Waals surface area contributed by atoms with Crippen molar-refractivity contribution in [1.29, 1.82) is 0 Å². The molecule has 2 rings (SSSR count). The number of nitrogens with zero attached hydrogens (tertiary/aromatic N) is 1. The van der Waals surface area contributed by atoms with Gasteiger partial charge in [0.15, 0.2) is 0 Å². The highest BCUT2D eigenvalue weighted by Gasteiger charge is 2.21. The van der Waals surface area contributed by atoms with E-state index in [-0.39, 0.29) is 24.9 Å². The summed E-state index contributed by atoms with van der Waals surface area (Å²) in [7, 11) is 0. The highest BCUT2D eigenvalue weighted by atomic mass is 35.5. The van der Waals surface area contributed by atoms with Gasteiger partial charge in [0, 0.05) is 24.5 Å². The van der Waals surface area contributed by atoms with Crippen LogP contribution >= 0.6 is 12.4 Å². The van der Waals surface area contributed by atoms with Crippen molar-refractivity contribution in [3.63, 3.8) is 0 Å². The molecule has 7 heteroatoms. The van der Waals surface area contributed by atoms with E-state index in [2.05, 4.69) is 17.2 Å². The Kier molecular flexibility index (Phi) is 6.72. The number of nitrogens with two attached hydrogens (primary N) is 1. The van der Waals surface area contributed by atoms with E-state index in [1.54, 1.807) is 6.08 Å².